The lowest BCUT2D eigenvalue weighted by Crippen LogP contribution is -2.44. The third-order valence-corrected chi connectivity index (χ3v) is 5.52. The normalized spacial score (nSPS) is 23.4. The fraction of sp³-hybridized carbons (Fsp3) is 0.682. The summed E-state index contributed by atoms with van der Waals surface area (Å²) in [5.74, 6) is 0.622. The third kappa shape index (κ3) is 5.82. The molecule has 0 aromatic heterocycles. The summed E-state index contributed by atoms with van der Waals surface area (Å²) in [5, 5.41) is 3.13. The van der Waals surface area contributed by atoms with E-state index in [1.54, 1.807) is 0 Å². The predicted molar refractivity (Wildman–Crippen MR) is 107 cm³/mol. The van der Waals surface area contributed by atoms with Gasteiger partial charge in [0.2, 0.25) is 5.91 Å². The Morgan fingerprint density at radius 2 is 2.00 bits per heavy atom. The number of benzene rings is 1. The maximum Gasteiger partial charge on any atom is 0.220 e. The number of carbonyl (C=O) groups is 1. The smallest absolute Gasteiger partial charge is 0.220 e. The van der Waals surface area contributed by atoms with Gasteiger partial charge in [-0.2, -0.15) is 0 Å². The van der Waals surface area contributed by atoms with Crippen molar-refractivity contribution < 1.29 is 9.53 Å². The maximum atomic E-state index is 12.7. The number of ether oxygens (including phenoxy) is 1. The summed E-state index contributed by atoms with van der Waals surface area (Å²) in [7, 11) is 4.12. The Balaban J connectivity index is 2.10. The zero-order valence-electron chi connectivity index (χ0n) is 17.2. The third-order valence-electron chi connectivity index (χ3n) is 5.52. The molecule has 1 aromatic carbocycles. The molecule has 146 valence electrons. The van der Waals surface area contributed by atoms with E-state index in [0.717, 1.165) is 39.0 Å². The molecule has 26 heavy (non-hydrogen) atoms. The highest BCUT2D eigenvalue weighted by Crippen LogP contribution is 2.42. The Labute approximate surface area is 159 Å². The van der Waals surface area contributed by atoms with E-state index < -0.39 is 0 Å². The van der Waals surface area contributed by atoms with Crippen LogP contribution < -0.4 is 5.32 Å². The van der Waals surface area contributed by atoms with E-state index >= 15 is 0 Å². The molecule has 4 heteroatoms. The molecule has 2 atom stereocenters. The molecule has 1 heterocycles. The number of amides is 1. The second-order valence-electron chi connectivity index (χ2n) is 8.44. The lowest BCUT2D eigenvalue weighted by molar-refractivity contribution is -0.124. The average Bonchev–Trinajstić information content (AvgIpc) is 2.59. The molecule has 0 spiro atoms. The van der Waals surface area contributed by atoms with Crippen LogP contribution in [0.4, 0.5) is 0 Å². The number of nitrogens with zero attached hydrogens (tertiary/aromatic N) is 1. The van der Waals surface area contributed by atoms with Crippen LogP contribution in [0.1, 0.15) is 50.7 Å². The minimum Gasteiger partial charge on any atom is -0.378 e. The Morgan fingerprint density at radius 1 is 1.31 bits per heavy atom. The van der Waals surface area contributed by atoms with Gasteiger partial charge >= 0.3 is 0 Å². The molecule has 1 aromatic rings. The van der Waals surface area contributed by atoms with E-state index in [4.69, 9.17) is 4.74 Å². The Kier molecular flexibility index (Phi) is 7.66. The minimum absolute atomic E-state index is 0.119. The number of hydrogen-bond donors (Lipinski definition) is 1. The van der Waals surface area contributed by atoms with E-state index in [1.165, 1.54) is 11.1 Å². The van der Waals surface area contributed by atoms with Crippen molar-refractivity contribution in [3.8, 4) is 0 Å². The van der Waals surface area contributed by atoms with Crippen LogP contribution in [-0.4, -0.2) is 50.7 Å². The Bertz CT molecular complexity index is 568. The quantitative estimate of drug-likeness (QED) is 0.721. The number of hydrogen-bond acceptors (Lipinski definition) is 3. The predicted octanol–water partition coefficient (Wildman–Crippen LogP) is 3.53. The number of rotatable bonds is 8. The molecule has 0 saturated carbocycles. The molecule has 1 fully saturated rings. The first-order valence-electron chi connectivity index (χ1n) is 9.92. The van der Waals surface area contributed by atoms with E-state index in [1.807, 2.05) is 0 Å². The molecule has 4 nitrogen and oxygen atoms in total. The van der Waals surface area contributed by atoms with Crippen molar-refractivity contribution in [1.82, 2.24) is 10.2 Å². The number of aryl methyl sites for hydroxylation is 1. The average molecular weight is 361 g/mol. The van der Waals surface area contributed by atoms with Gasteiger partial charge in [0, 0.05) is 25.0 Å². The van der Waals surface area contributed by atoms with Gasteiger partial charge in [-0.1, -0.05) is 43.7 Å². The van der Waals surface area contributed by atoms with Crippen LogP contribution in [0.25, 0.3) is 0 Å². The van der Waals surface area contributed by atoms with Crippen molar-refractivity contribution in [3.63, 3.8) is 0 Å². The zero-order chi connectivity index (χ0) is 19.2. The van der Waals surface area contributed by atoms with Gasteiger partial charge in [-0.25, -0.2) is 0 Å². The molecule has 2 rings (SSSR count). The summed E-state index contributed by atoms with van der Waals surface area (Å²) in [5.41, 5.74) is 2.41. The molecule has 0 unspecified atom stereocenters. The summed E-state index contributed by atoms with van der Waals surface area (Å²) in [6.07, 6.45) is 3.56. The van der Waals surface area contributed by atoms with Crippen LogP contribution in [0.2, 0.25) is 0 Å². The molecular formula is C22H36N2O2. The summed E-state index contributed by atoms with van der Waals surface area (Å²) in [4.78, 5) is 14.9. The molecule has 1 amide bonds. The van der Waals surface area contributed by atoms with Crippen molar-refractivity contribution in [2.45, 2.75) is 58.0 Å². The summed E-state index contributed by atoms with van der Waals surface area (Å²) < 4.78 is 6.01. The first kappa shape index (κ1) is 20.9. The lowest BCUT2D eigenvalue weighted by atomic mass is 9.68. The van der Waals surface area contributed by atoms with Gasteiger partial charge < -0.3 is 15.0 Å². The van der Waals surface area contributed by atoms with Crippen LogP contribution >= 0.6 is 0 Å². The van der Waals surface area contributed by atoms with Gasteiger partial charge in [0.25, 0.3) is 0 Å². The second-order valence-corrected chi connectivity index (χ2v) is 8.44. The first-order chi connectivity index (χ1) is 12.3. The largest absolute Gasteiger partial charge is 0.378 e. The van der Waals surface area contributed by atoms with Crippen LogP contribution in [-0.2, 0) is 14.9 Å². The van der Waals surface area contributed by atoms with E-state index in [9.17, 15) is 4.79 Å². The van der Waals surface area contributed by atoms with E-state index in [-0.39, 0.29) is 17.4 Å². The molecule has 1 saturated heterocycles. The molecule has 0 aliphatic carbocycles. The molecule has 0 bridgehead atoms. The highest BCUT2D eigenvalue weighted by atomic mass is 16.5. The van der Waals surface area contributed by atoms with Crippen LogP contribution in [0, 0.1) is 12.8 Å². The first-order valence-corrected chi connectivity index (χ1v) is 9.92. The van der Waals surface area contributed by atoms with Crippen molar-refractivity contribution in [2.24, 2.45) is 5.92 Å². The Hall–Kier alpha value is -1.39. The summed E-state index contributed by atoms with van der Waals surface area (Å²) in [6, 6.07) is 8.73. The van der Waals surface area contributed by atoms with Gasteiger partial charge in [0.1, 0.15) is 0 Å². The topological polar surface area (TPSA) is 41.6 Å². The highest BCUT2D eigenvalue weighted by molar-refractivity contribution is 5.77. The SMILES string of the molecule is Cc1ccc([C@]2(CC(=O)NCCCN(C)C)CCO[C@@H](C(C)C)C2)cc1. The van der Waals surface area contributed by atoms with Gasteiger partial charge in [0.15, 0.2) is 0 Å². The van der Waals surface area contributed by atoms with Gasteiger partial charge in [0.05, 0.1) is 6.10 Å². The van der Waals surface area contributed by atoms with Gasteiger partial charge in [-0.05, 0) is 58.3 Å². The van der Waals surface area contributed by atoms with Crippen molar-refractivity contribution >= 4 is 5.91 Å². The monoisotopic (exact) mass is 360 g/mol. The van der Waals surface area contributed by atoms with E-state index in [2.05, 4.69) is 69.3 Å². The fourth-order valence-corrected chi connectivity index (χ4v) is 3.80. The van der Waals surface area contributed by atoms with Crippen molar-refractivity contribution in [2.75, 3.05) is 33.8 Å². The van der Waals surface area contributed by atoms with Crippen molar-refractivity contribution in [3.05, 3.63) is 35.4 Å². The van der Waals surface area contributed by atoms with Crippen LogP contribution in [0.5, 0.6) is 0 Å². The summed E-state index contributed by atoms with van der Waals surface area (Å²) in [6.45, 7) is 8.98. The summed E-state index contributed by atoms with van der Waals surface area (Å²) >= 11 is 0. The van der Waals surface area contributed by atoms with Crippen LogP contribution in [0.15, 0.2) is 24.3 Å². The molecule has 1 aliphatic heterocycles. The number of carbonyl (C=O) groups excluding carboxylic acids is 1. The lowest BCUT2D eigenvalue weighted by Gasteiger charge is -2.42. The maximum absolute atomic E-state index is 12.7. The molecule has 1 N–H and O–H groups in total. The van der Waals surface area contributed by atoms with E-state index in [0.29, 0.717) is 12.3 Å². The standard InChI is InChI=1S/C22H36N2O2/c1-17(2)20-15-22(11-14-26-20,19-9-7-18(3)8-10-19)16-21(25)23-12-6-13-24(4)5/h7-10,17,20H,6,11-16H2,1-5H3,(H,23,25)/t20-,22-/m1/s1. The Morgan fingerprint density at radius 3 is 2.62 bits per heavy atom. The molecule has 0 radical (unpaired) electrons. The van der Waals surface area contributed by atoms with Gasteiger partial charge in [-0.15, -0.1) is 0 Å². The van der Waals surface area contributed by atoms with Crippen LogP contribution in [0.3, 0.4) is 0 Å². The fourth-order valence-electron chi connectivity index (χ4n) is 3.80. The zero-order valence-corrected chi connectivity index (χ0v) is 17.2. The highest BCUT2D eigenvalue weighted by Gasteiger charge is 2.41. The molecule has 1 aliphatic rings. The molecular weight excluding hydrogens is 324 g/mol. The number of nitrogens with one attached hydrogen (secondary N) is 1. The van der Waals surface area contributed by atoms with Crippen molar-refractivity contribution in [1.29, 1.82) is 0 Å². The van der Waals surface area contributed by atoms with Gasteiger partial charge in [-0.3, -0.25) is 4.79 Å². The second kappa shape index (κ2) is 9.52. The minimum atomic E-state index is -0.119.